The highest BCUT2D eigenvalue weighted by Crippen LogP contribution is 2.40. The van der Waals surface area contributed by atoms with Crippen molar-refractivity contribution < 1.29 is 9.59 Å². The Bertz CT molecular complexity index is 743. The number of nitrogens with zero attached hydrogens (tertiary/aromatic N) is 5. The molecule has 5 rings (SSSR count). The number of piperidine rings is 1. The molecule has 0 bridgehead atoms. The van der Waals surface area contributed by atoms with E-state index in [1.165, 1.54) is 12.8 Å². The monoisotopic (exact) mass is 371 g/mol. The van der Waals surface area contributed by atoms with Gasteiger partial charge in [0.15, 0.2) is 0 Å². The molecule has 3 heterocycles. The minimum Gasteiger partial charge on any atom is -0.342 e. The number of aromatic nitrogens is 2. The van der Waals surface area contributed by atoms with E-state index in [4.69, 9.17) is 0 Å². The first-order chi connectivity index (χ1) is 13.1. The number of carbonyl (C=O) groups excluding carboxylic acids is 2. The fraction of sp³-hybridized carbons (Fsp3) is 0.750. The van der Waals surface area contributed by atoms with Crippen LogP contribution >= 0.6 is 0 Å². The summed E-state index contributed by atoms with van der Waals surface area (Å²) in [5.41, 5.74) is 0.446. The summed E-state index contributed by atoms with van der Waals surface area (Å²) in [5, 5.41) is 4.26. The number of amides is 2. The van der Waals surface area contributed by atoms with Crippen LogP contribution in [0.25, 0.3) is 0 Å². The second kappa shape index (κ2) is 6.33. The summed E-state index contributed by atoms with van der Waals surface area (Å²) in [4.78, 5) is 32.6. The topological polar surface area (TPSA) is 61.7 Å². The summed E-state index contributed by atoms with van der Waals surface area (Å²) < 4.78 is 1.75. The highest BCUT2D eigenvalue weighted by atomic mass is 16.2. The predicted octanol–water partition coefficient (Wildman–Crippen LogP) is 1.25. The lowest BCUT2D eigenvalue weighted by molar-refractivity contribution is -0.144. The maximum Gasteiger partial charge on any atom is 0.247 e. The minimum absolute atomic E-state index is 0.209. The largest absolute Gasteiger partial charge is 0.342 e. The van der Waals surface area contributed by atoms with Gasteiger partial charge < -0.3 is 9.80 Å². The molecule has 1 aromatic rings. The van der Waals surface area contributed by atoms with E-state index in [9.17, 15) is 9.59 Å². The summed E-state index contributed by atoms with van der Waals surface area (Å²) >= 11 is 0. The zero-order valence-corrected chi connectivity index (χ0v) is 16.1. The Hall–Kier alpha value is -1.89. The normalized spacial score (nSPS) is 26.0. The number of hydrogen-bond acceptors (Lipinski definition) is 4. The Morgan fingerprint density at radius 1 is 1.15 bits per heavy atom. The minimum atomic E-state index is -0.447. The molecule has 0 aromatic carbocycles. The zero-order chi connectivity index (χ0) is 18.6. The van der Waals surface area contributed by atoms with Crippen molar-refractivity contribution in [2.24, 2.45) is 18.9 Å². The van der Waals surface area contributed by atoms with Crippen molar-refractivity contribution in [2.45, 2.75) is 44.1 Å². The lowest BCUT2D eigenvalue weighted by Gasteiger charge is -2.52. The van der Waals surface area contributed by atoms with Crippen molar-refractivity contribution in [3.8, 4) is 0 Å². The average molecular weight is 371 g/mol. The third-order valence-electron chi connectivity index (χ3n) is 6.85. The fourth-order valence-electron chi connectivity index (χ4n) is 4.81. The molecule has 2 saturated heterocycles. The van der Waals surface area contributed by atoms with Crippen molar-refractivity contribution in [3.05, 3.63) is 12.4 Å². The highest BCUT2D eigenvalue weighted by molar-refractivity contribution is 6.01. The summed E-state index contributed by atoms with van der Waals surface area (Å²) in [6, 6.07) is 0. The molecule has 0 N–H and O–H groups in total. The first kappa shape index (κ1) is 17.2. The van der Waals surface area contributed by atoms with E-state index in [1.54, 1.807) is 10.9 Å². The van der Waals surface area contributed by atoms with Crippen LogP contribution in [0.15, 0.2) is 12.4 Å². The van der Waals surface area contributed by atoms with Gasteiger partial charge in [-0.3, -0.25) is 19.2 Å². The molecule has 7 nitrogen and oxygen atoms in total. The van der Waals surface area contributed by atoms with Gasteiger partial charge in [0.2, 0.25) is 11.8 Å². The van der Waals surface area contributed by atoms with Gasteiger partial charge in [0, 0.05) is 51.9 Å². The molecule has 2 aliphatic heterocycles. The van der Waals surface area contributed by atoms with Crippen molar-refractivity contribution >= 4 is 17.5 Å². The Morgan fingerprint density at radius 2 is 1.89 bits per heavy atom. The standard InChI is InChI=1S/C20H29N5O2/c1-22-14-17(12-21-22)25-11-10-24(13-15-2-3-15)20(19(25)27)6-8-23(9-7-20)18(26)16-4-5-16/h12,14-16H,2-11,13H2,1H3. The molecule has 0 unspecified atom stereocenters. The van der Waals surface area contributed by atoms with Gasteiger partial charge in [-0.15, -0.1) is 0 Å². The number of anilines is 1. The van der Waals surface area contributed by atoms with E-state index < -0.39 is 5.54 Å². The van der Waals surface area contributed by atoms with Crippen LogP contribution in [0.4, 0.5) is 5.69 Å². The SMILES string of the molecule is Cn1cc(N2CCN(CC3CC3)C3(CCN(C(=O)C4CC4)CC3)C2=O)cn1. The molecule has 7 heteroatoms. The molecule has 4 aliphatic rings. The zero-order valence-electron chi connectivity index (χ0n) is 16.1. The first-order valence-electron chi connectivity index (χ1n) is 10.4. The highest BCUT2D eigenvalue weighted by Gasteiger charge is 2.53. The molecular formula is C20H29N5O2. The van der Waals surface area contributed by atoms with Gasteiger partial charge in [0.05, 0.1) is 11.9 Å². The van der Waals surface area contributed by atoms with Crippen molar-refractivity contribution in [1.29, 1.82) is 0 Å². The Kier molecular flexibility index (Phi) is 4.04. The quantitative estimate of drug-likeness (QED) is 0.799. The van der Waals surface area contributed by atoms with E-state index in [2.05, 4.69) is 10.00 Å². The van der Waals surface area contributed by atoms with Gasteiger partial charge in [-0.25, -0.2) is 0 Å². The summed E-state index contributed by atoms with van der Waals surface area (Å²) in [7, 11) is 1.88. The first-order valence-corrected chi connectivity index (χ1v) is 10.4. The Balaban J connectivity index is 1.38. The van der Waals surface area contributed by atoms with Crippen LogP contribution in [0.5, 0.6) is 0 Å². The van der Waals surface area contributed by atoms with Gasteiger partial charge in [-0.1, -0.05) is 0 Å². The average Bonchev–Trinajstić information content (AvgIpc) is 3.59. The Labute approximate surface area is 160 Å². The van der Waals surface area contributed by atoms with Gasteiger partial charge in [0.1, 0.15) is 5.54 Å². The maximum absolute atomic E-state index is 13.7. The molecule has 2 saturated carbocycles. The number of hydrogen-bond donors (Lipinski definition) is 0. The van der Waals surface area contributed by atoms with Crippen molar-refractivity contribution in [1.82, 2.24) is 19.6 Å². The number of piperazine rings is 1. The predicted molar refractivity (Wildman–Crippen MR) is 101 cm³/mol. The van der Waals surface area contributed by atoms with Crippen molar-refractivity contribution in [3.63, 3.8) is 0 Å². The summed E-state index contributed by atoms with van der Waals surface area (Å²) in [6.07, 6.45) is 9.89. The molecule has 27 heavy (non-hydrogen) atoms. The van der Waals surface area contributed by atoms with Crippen LogP contribution in [0.3, 0.4) is 0 Å². The number of aryl methyl sites for hydroxylation is 1. The number of likely N-dealkylation sites (tertiary alicyclic amines) is 1. The molecule has 2 aliphatic carbocycles. The lowest BCUT2D eigenvalue weighted by Crippen LogP contribution is -2.69. The summed E-state index contributed by atoms with van der Waals surface area (Å²) in [5.74, 6) is 1.54. The number of rotatable bonds is 4. The van der Waals surface area contributed by atoms with Gasteiger partial charge in [0.25, 0.3) is 0 Å². The van der Waals surface area contributed by atoms with Crippen LogP contribution in [0, 0.1) is 11.8 Å². The van der Waals surface area contributed by atoms with E-state index in [0.29, 0.717) is 19.0 Å². The molecule has 0 radical (unpaired) electrons. The molecule has 146 valence electrons. The molecule has 4 fully saturated rings. The van der Waals surface area contributed by atoms with Crippen LogP contribution < -0.4 is 4.90 Å². The van der Waals surface area contributed by atoms with Gasteiger partial charge in [-0.2, -0.15) is 5.10 Å². The number of carbonyl (C=O) groups is 2. The second-order valence-corrected chi connectivity index (χ2v) is 8.85. The second-order valence-electron chi connectivity index (χ2n) is 8.85. The van der Waals surface area contributed by atoms with Gasteiger partial charge >= 0.3 is 0 Å². The van der Waals surface area contributed by atoms with E-state index in [1.807, 2.05) is 23.0 Å². The van der Waals surface area contributed by atoms with Crippen molar-refractivity contribution in [2.75, 3.05) is 37.6 Å². The Morgan fingerprint density at radius 3 is 2.48 bits per heavy atom. The van der Waals surface area contributed by atoms with Crippen LogP contribution in [-0.4, -0.2) is 69.7 Å². The molecule has 1 aromatic heterocycles. The smallest absolute Gasteiger partial charge is 0.247 e. The molecule has 1 spiro atoms. The van der Waals surface area contributed by atoms with Crippen LogP contribution in [0.2, 0.25) is 0 Å². The molecule has 2 amide bonds. The van der Waals surface area contributed by atoms with E-state index in [-0.39, 0.29) is 11.8 Å². The third kappa shape index (κ3) is 3.06. The maximum atomic E-state index is 13.7. The van der Waals surface area contributed by atoms with Crippen LogP contribution in [0.1, 0.15) is 38.5 Å². The lowest BCUT2D eigenvalue weighted by atomic mass is 9.81. The third-order valence-corrected chi connectivity index (χ3v) is 6.85. The van der Waals surface area contributed by atoms with E-state index in [0.717, 1.165) is 56.9 Å². The molecular weight excluding hydrogens is 342 g/mol. The summed E-state index contributed by atoms with van der Waals surface area (Å²) in [6.45, 7) is 4.09. The fourth-order valence-corrected chi connectivity index (χ4v) is 4.81. The van der Waals surface area contributed by atoms with Gasteiger partial charge in [-0.05, 0) is 44.4 Å². The molecule has 0 atom stereocenters. The van der Waals surface area contributed by atoms with E-state index >= 15 is 0 Å². The van der Waals surface area contributed by atoms with Crippen LogP contribution in [-0.2, 0) is 16.6 Å².